The fourth-order valence-corrected chi connectivity index (χ4v) is 4.51. The van der Waals surface area contributed by atoms with Crippen LogP contribution in [0.25, 0.3) is 10.9 Å². The molecule has 3 aromatic rings. The summed E-state index contributed by atoms with van der Waals surface area (Å²) in [6.45, 7) is 1.21. The summed E-state index contributed by atoms with van der Waals surface area (Å²) in [6.07, 6.45) is 1.72. The molecule has 6 nitrogen and oxygen atoms in total. The third-order valence-corrected chi connectivity index (χ3v) is 6.14. The van der Waals surface area contributed by atoms with Gasteiger partial charge < -0.3 is 15.4 Å². The molecule has 3 heterocycles. The molecule has 0 radical (unpaired) electrons. The molecule has 0 aliphatic carbocycles. The summed E-state index contributed by atoms with van der Waals surface area (Å²) in [5.74, 6) is -0.522. The number of ether oxygens (including phenoxy) is 1. The number of pyridine rings is 1. The number of para-hydroxylation sites is 1. The van der Waals surface area contributed by atoms with Crippen LogP contribution < -0.4 is 10.5 Å². The number of hydrogen-bond acceptors (Lipinski definition) is 5. The van der Waals surface area contributed by atoms with Gasteiger partial charge in [0, 0.05) is 24.4 Å². The number of primary amides is 1. The molecule has 28 heavy (non-hydrogen) atoms. The van der Waals surface area contributed by atoms with Gasteiger partial charge in [-0.25, -0.2) is 0 Å². The molecule has 0 bridgehead atoms. The van der Waals surface area contributed by atoms with Crippen LogP contribution in [0.4, 0.5) is 0 Å². The van der Waals surface area contributed by atoms with E-state index in [9.17, 15) is 9.59 Å². The first-order chi connectivity index (χ1) is 13.6. The van der Waals surface area contributed by atoms with Crippen LogP contribution >= 0.6 is 11.3 Å². The van der Waals surface area contributed by atoms with E-state index in [4.69, 9.17) is 15.5 Å². The maximum absolute atomic E-state index is 12.9. The zero-order chi connectivity index (χ0) is 19.7. The molecular formula is C21H21N3O3S. The van der Waals surface area contributed by atoms with E-state index in [0.717, 1.165) is 23.7 Å². The van der Waals surface area contributed by atoms with Crippen molar-refractivity contribution in [1.82, 2.24) is 9.88 Å². The number of amides is 2. The molecule has 1 fully saturated rings. The van der Waals surface area contributed by atoms with E-state index in [1.807, 2.05) is 35.2 Å². The maximum atomic E-state index is 12.9. The van der Waals surface area contributed by atoms with E-state index in [2.05, 4.69) is 0 Å². The summed E-state index contributed by atoms with van der Waals surface area (Å²) in [5, 5.41) is 1.60. The first-order valence-corrected chi connectivity index (χ1v) is 10.0. The molecule has 4 rings (SSSR count). The van der Waals surface area contributed by atoms with Crippen LogP contribution in [0.3, 0.4) is 0 Å². The molecular weight excluding hydrogens is 374 g/mol. The molecule has 1 aromatic carbocycles. The van der Waals surface area contributed by atoms with Crippen LogP contribution in [0, 0.1) is 0 Å². The van der Waals surface area contributed by atoms with Crippen LogP contribution in [-0.4, -0.2) is 41.9 Å². The normalized spacial score (nSPS) is 16.9. The van der Waals surface area contributed by atoms with Gasteiger partial charge >= 0.3 is 0 Å². The molecule has 0 spiro atoms. The van der Waals surface area contributed by atoms with Gasteiger partial charge in [0.2, 0.25) is 0 Å². The van der Waals surface area contributed by atoms with Crippen molar-refractivity contribution >= 4 is 34.1 Å². The monoisotopic (exact) mass is 395 g/mol. The maximum Gasteiger partial charge on any atom is 0.264 e. The average Bonchev–Trinajstić information content (AvgIpc) is 3.21. The first-order valence-electron chi connectivity index (χ1n) is 9.19. The van der Waals surface area contributed by atoms with Gasteiger partial charge in [-0.2, -0.15) is 0 Å². The highest BCUT2D eigenvalue weighted by Crippen LogP contribution is 2.32. The Labute approximate surface area is 166 Å². The number of rotatable bonds is 4. The number of likely N-dealkylation sites (tertiary alicyclic amines) is 1. The Hall–Kier alpha value is -2.93. The topological polar surface area (TPSA) is 85.5 Å². The number of carbonyl (C=O) groups is 2. The summed E-state index contributed by atoms with van der Waals surface area (Å²) >= 11 is 1.34. The highest BCUT2D eigenvalue weighted by Gasteiger charge is 2.29. The van der Waals surface area contributed by atoms with Gasteiger partial charge in [-0.1, -0.05) is 29.5 Å². The Morgan fingerprint density at radius 3 is 2.82 bits per heavy atom. The summed E-state index contributed by atoms with van der Waals surface area (Å²) in [4.78, 5) is 32.2. The van der Waals surface area contributed by atoms with Crippen molar-refractivity contribution in [2.75, 3.05) is 20.2 Å². The molecule has 144 valence electrons. The Bertz CT molecular complexity index is 1050. The molecule has 1 saturated heterocycles. The lowest BCUT2D eigenvalue weighted by Crippen LogP contribution is -2.39. The molecule has 1 aliphatic heterocycles. The zero-order valence-corrected chi connectivity index (χ0v) is 16.4. The number of fused-ring (bicyclic) bond motifs is 1. The Balaban J connectivity index is 1.64. The lowest BCUT2D eigenvalue weighted by atomic mass is 9.90. The number of carbonyl (C=O) groups excluding carboxylic acids is 2. The standard InChI is InChI=1S/C21H21N3O3S/c1-27-18-9-8-17(28-18)21(26)24-10-4-6-14(12-24)19-15(20(22)25)11-13-5-2-3-7-16(13)23-19/h2-3,5,7-9,11,14H,4,6,10,12H2,1H3,(H2,22,25). The van der Waals surface area contributed by atoms with Gasteiger partial charge in [0.15, 0.2) is 5.06 Å². The predicted molar refractivity (Wildman–Crippen MR) is 109 cm³/mol. The van der Waals surface area contributed by atoms with Crippen molar-refractivity contribution < 1.29 is 14.3 Å². The molecule has 2 N–H and O–H groups in total. The summed E-state index contributed by atoms with van der Waals surface area (Å²) < 4.78 is 5.19. The van der Waals surface area contributed by atoms with Gasteiger partial charge in [0.1, 0.15) is 0 Å². The lowest BCUT2D eigenvalue weighted by molar-refractivity contribution is 0.0710. The fourth-order valence-electron chi connectivity index (χ4n) is 3.72. The van der Waals surface area contributed by atoms with Crippen LogP contribution in [-0.2, 0) is 0 Å². The Kier molecular flexibility index (Phi) is 5.00. The van der Waals surface area contributed by atoms with Crippen LogP contribution in [0.2, 0.25) is 0 Å². The van der Waals surface area contributed by atoms with Crippen LogP contribution in [0.5, 0.6) is 5.06 Å². The summed E-state index contributed by atoms with van der Waals surface area (Å²) in [6, 6.07) is 13.1. The number of nitrogens with two attached hydrogens (primary N) is 1. The Morgan fingerprint density at radius 2 is 2.07 bits per heavy atom. The van der Waals surface area contributed by atoms with Crippen LogP contribution in [0.1, 0.15) is 44.5 Å². The Morgan fingerprint density at radius 1 is 1.25 bits per heavy atom. The number of aromatic nitrogens is 1. The summed E-state index contributed by atoms with van der Waals surface area (Å²) in [7, 11) is 1.59. The van der Waals surface area contributed by atoms with E-state index in [0.29, 0.717) is 34.3 Å². The number of hydrogen-bond donors (Lipinski definition) is 1. The van der Waals surface area contributed by atoms with Crippen molar-refractivity contribution in [3.63, 3.8) is 0 Å². The zero-order valence-electron chi connectivity index (χ0n) is 15.6. The van der Waals surface area contributed by atoms with Crippen molar-refractivity contribution in [2.24, 2.45) is 5.73 Å². The van der Waals surface area contributed by atoms with E-state index >= 15 is 0 Å². The number of thiophene rings is 1. The van der Waals surface area contributed by atoms with Gasteiger partial charge in [0.05, 0.1) is 28.8 Å². The quantitative estimate of drug-likeness (QED) is 0.733. The molecule has 1 atom stereocenters. The van der Waals surface area contributed by atoms with E-state index in [-0.39, 0.29) is 11.8 Å². The largest absolute Gasteiger partial charge is 0.487 e. The second-order valence-electron chi connectivity index (χ2n) is 6.89. The highest BCUT2D eigenvalue weighted by molar-refractivity contribution is 7.15. The van der Waals surface area contributed by atoms with E-state index in [1.54, 1.807) is 19.2 Å². The molecule has 7 heteroatoms. The second-order valence-corrected chi connectivity index (χ2v) is 7.94. The minimum Gasteiger partial charge on any atom is -0.487 e. The summed E-state index contributed by atoms with van der Waals surface area (Å²) in [5.41, 5.74) is 7.60. The molecule has 0 saturated carbocycles. The third-order valence-electron chi connectivity index (χ3n) is 5.11. The lowest BCUT2D eigenvalue weighted by Gasteiger charge is -2.33. The fraction of sp³-hybridized carbons (Fsp3) is 0.286. The number of piperidine rings is 1. The first kappa shape index (κ1) is 18.4. The van der Waals surface area contributed by atoms with Gasteiger partial charge in [-0.3, -0.25) is 14.6 Å². The smallest absolute Gasteiger partial charge is 0.264 e. The average molecular weight is 395 g/mol. The van der Waals surface area contributed by atoms with Crippen molar-refractivity contribution in [1.29, 1.82) is 0 Å². The molecule has 2 aromatic heterocycles. The number of nitrogens with zero attached hydrogens (tertiary/aromatic N) is 2. The van der Waals surface area contributed by atoms with Crippen molar-refractivity contribution in [2.45, 2.75) is 18.8 Å². The van der Waals surface area contributed by atoms with Gasteiger partial charge in [0.25, 0.3) is 11.8 Å². The third kappa shape index (κ3) is 3.45. The van der Waals surface area contributed by atoms with Crippen LogP contribution in [0.15, 0.2) is 42.5 Å². The molecule has 1 unspecified atom stereocenters. The van der Waals surface area contributed by atoms with Gasteiger partial charge in [-0.05, 0) is 37.1 Å². The SMILES string of the molecule is COc1ccc(C(=O)N2CCCC(c3nc4ccccc4cc3C(N)=O)C2)s1. The minimum absolute atomic E-state index is 0.0144. The number of benzene rings is 1. The number of methoxy groups -OCH3 is 1. The van der Waals surface area contributed by atoms with Crippen molar-refractivity contribution in [3.05, 3.63) is 58.6 Å². The van der Waals surface area contributed by atoms with E-state index < -0.39 is 5.91 Å². The molecule has 1 aliphatic rings. The second kappa shape index (κ2) is 7.59. The van der Waals surface area contributed by atoms with Crippen molar-refractivity contribution in [3.8, 4) is 5.06 Å². The highest BCUT2D eigenvalue weighted by atomic mass is 32.1. The van der Waals surface area contributed by atoms with Gasteiger partial charge in [-0.15, -0.1) is 0 Å². The predicted octanol–water partition coefficient (Wildman–Crippen LogP) is 3.42. The van der Waals surface area contributed by atoms with E-state index in [1.165, 1.54) is 11.3 Å². The minimum atomic E-state index is -0.486. The molecule has 2 amide bonds.